The van der Waals surface area contributed by atoms with Crippen LogP contribution < -0.4 is 10.4 Å². The molecule has 19 heavy (non-hydrogen) atoms. The first-order chi connectivity index (χ1) is 8.79. The molecule has 0 aliphatic carbocycles. The lowest BCUT2D eigenvalue weighted by atomic mass is 10.0. The van der Waals surface area contributed by atoms with Crippen LogP contribution in [-0.4, -0.2) is 48.2 Å². The molecule has 1 heterocycles. The van der Waals surface area contributed by atoms with Crippen LogP contribution in [0, 0.1) is 5.92 Å². The molecule has 1 rings (SSSR count). The van der Waals surface area contributed by atoms with E-state index in [2.05, 4.69) is 5.32 Å². The summed E-state index contributed by atoms with van der Waals surface area (Å²) in [5.74, 6) is -1.07. The highest BCUT2D eigenvalue weighted by Gasteiger charge is 2.27. The van der Waals surface area contributed by atoms with E-state index in [1.807, 2.05) is 27.7 Å². The molecule has 0 aromatic carbocycles. The standard InChI is InChI=1S/C13H24N2O4/c1-8(2)5-11(12(16)17)14-13(18)15-6-9(3)19-10(4)7-15/h8-11H,5-7H2,1-4H3,(H,14,18)(H,16,17)/p-1/t9-,10-,11+/m1/s1. The van der Waals surface area contributed by atoms with E-state index >= 15 is 0 Å². The number of carbonyl (C=O) groups excluding carboxylic acids is 2. The highest BCUT2D eigenvalue weighted by Crippen LogP contribution is 2.11. The number of aliphatic carboxylic acids is 1. The minimum absolute atomic E-state index is 0.0407. The average Bonchev–Trinajstić information content (AvgIpc) is 2.25. The molecule has 1 aliphatic heterocycles. The van der Waals surface area contributed by atoms with Gasteiger partial charge in [-0.05, 0) is 26.2 Å². The van der Waals surface area contributed by atoms with Crippen molar-refractivity contribution < 1.29 is 19.4 Å². The van der Waals surface area contributed by atoms with Crippen molar-refractivity contribution in [3.8, 4) is 0 Å². The number of carboxylic acid groups (broad SMARTS) is 1. The normalized spacial score (nSPS) is 25.2. The number of carboxylic acids is 1. The van der Waals surface area contributed by atoms with Crippen LogP contribution >= 0.6 is 0 Å². The van der Waals surface area contributed by atoms with Crippen LogP contribution in [0.15, 0.2) is 0 Å². The lowest BCUT2D eigenvalue weighted by Gasteiger charge is -2.36. The molecule has 3 atom stereocenters. The summed E-state index contributed by atoms with van der Waals surface area (Å²) in [5, 5.41) is 13.5. The van der Waals surface area contributed by atoms with Crippen molar-refractivity contribution in [1.29, 1.82) is 0 Å². The first-order valence-electron chi connectivity index (χ1n) is 6.71. The van der Waals surface area contributed by atoms with Crippen LogP contribution in [-0.2, 0) is 9.53 Å². The van der Waals surface area contributed by atoms with Crippen LogP contribution in [0.5, 0.6) is 0 Å². The number of morpholine rings is 1. The van der Waals surface area contributed by atoms with Crippen LogP contribution in [0.1, 0.15) is 34.1 Å². The van der Waals surface area contributed by atoms with E-state index in [0.29, 0.717) is 19.5 Å². The maximum atomic E-state index is 12.1. The molecule has 110 valence electrons. The van der Waals surface area contributed by atoms with Crippen molar-refractivity contribution in [2.75, 3.05) is 13.1 Å². The molecule has 1 aliphatic rings. The largest absolute Gasteiger partial charge is 0.548 e. The molecule has 0 saturated carbocycles. The molecule has 1 fully saturated rings. The summed E-state index contributed by atoms with van der Waals surface area (Å²) in [5.41, 5.74) is 0. The van der Waals surface area contributed by atoms with Crippen molar-refractivity contribution >= 4 is 12.0 Å². The predicted octanol–water partition coefficient (Wildman–Crippen LogP) is -0.0302. The van der Waals surface area contributed by atoms with Gasteiger partial charge in [-0.3, -0.25) is 0 Å². The van der Waals surface area contributed by atoms with E-state index in [9.17, 15) is 14.7 Å². The maximum Gasteiger partial charge on any atom is 0.318 e. The Morgan fingerprint density at radius 1 is 1.32 bits per heavy atom. The Morgan fingerprint density at radius 2 is 1.84 bits per heavy atom. The summed E-state index contributed by atoms with van der Waals surface area (Å²) in [6, 6.07) is -1.31. The summed E-state index contributed by atoms with van der Waals surface area (Å²) in [4.78, 5) is 24.7. The van der Waals surface area contributed by atoms with Gasteiger partial charge >= 0.3 is 6.03 Å². The predicted molar refractivity (Wildman–Crippen MR) is 68.4 cm³/mol. The third-order valence-electron chi connectivity index (χ3n) is 3.00. The van der Waals surface area contributed by atoms with Gasteiger partial charge in [-0.2, -0.15) is 0 Å². The summed E-state index contributed by atoms with van der Waals surface area (Å²) in [6.07, 6.45) is 0.283. The molecule has 1 saturated heterocycles. The Kier molecular flexibility index (Phi) is 5.60. The number of hydrogen-bond acceptors (Lipinski definition) is 4. The first kappa shape index (κ1) is 15.8. The molecular weight excluding hydrogens is 248 g/mol. The average molecular weight is 271 g/mol. The Hall–Kier alpha value is -1.30. The Balaban J connectivity index is 2.58. The van der Waals surface area contributed by atoms with E-state index in [1.165, 1.54) is 0 Å². The molecule has 0 radical (unpaired) electrons. The van der Waals surface area contributed by atoms with Crippen molar-refractivity contribution in [3.63, 3.8) is 0 Å². The maximum absolute atomic E-state index is 12.1. The van der Waals surface area contributed by atoms with Crippen LogP contribution in [0.3, 0.4) is 0 Å². The number of nitrogens with zero attached hydrogens (tertiary/aromatic N) is 1. The van der Waals surface area contributed by atoms with Crippen molar-refractivity contribution in [2.24, 2.45) is 5.92 Å². The molecule has 2 amide bonds. The summed E-state index contributed by atoms with van der Waals surface area (Å²) >= 11 is 0. The van der Waals surface area contributed by atoms with Crippen LogP contribution in [0.2, 0.25) is 0 Å². The van der Waals surface area contributed by atoms with Crippen molar-refractivity contribution in [1.82, 2.24) is 10.2 Å². The topological polar surface area (TPSA) is 81.7 Å². The molecule has 0 aromatic heterocycles. The molecule has 0 spiro atoms. The Bertz CT molecular complexity index is 323. The first-order valence-corrected chi connectivity index (χ1v) is 6.71. The fourth-order valence-corrected chi connectivity index (χ4v) is 2.27. The zero-order chi connectivity index (χ0) is 14.6. The second-order valence-electron chi connectivity index (χ2n) is 5.61. The number of amides is 2. The van der Waals surface area contributed by atoms with Gasteiger partial charge in [0.25, 0.3) is 0 Å². The minimum Gasteiger partial charge on any atom is -0.548 e. The van der Waals surface area contributed by atoms with Crippen molar-refractivity contribution in [2.45, 2.75) is 52.4 Å². The third-order valence-corrected chi connectivity index (χ3v) is 3.00. The highest BCUT2D eigenvalue weighted by molar-refractivity contribution is 5.81. The molecule has 0 bridgehead atoms. The number of nitrogens with one attached hydrogen (secondary N) is 1. The summed E-state index contributed by atoms with van der Waals surface area (Å²) in [6.45, 7) is 8.53. The highest BCUT2D eigenvalue weighted by atomic mass is 16.5. The monoisotopic (exact) mass is 271 g/mol. The van der Waals surface area contributed by atoms with Gasteiger partial charge in [-0.25, -0.2) is 4.79 Å². The minimum atomic E-state index is -1.24. The second kappa shape index (κ2) is 6.75. The number of rotatable bonds is 4. The third kappa shape index (κ3) is 5.06. The quantitative estimate of drug-likeness (QED) is 0.778. The van der Waals surface area contributed by atoms with E-state index in [0.717, 1.165) is 0 Å². The molecule has 6 nitrogen and oxygen atoms in total. The summed E-state index contributed by atoms with van der Waals surface area (Å²) in [7, 11) is 0. The number of ether oxygens (including phenoxy) is 1. The van der Waals surface area contributed by atoms with Crippen LogP contribution in [0.25, 0.3) is 0 Å². The lowest BCUT2D eigenvalue weighted by molar-refractivity contribution is -0.308. The zero-order valence-corrected chi connectivity index (χ0v) is 12.0. The van der Waals surface area contributed by atoms with Crippen LogP contribution in [0.4, 0.5) is 4.79 Å². The van der Waals surface area contributed by atoms with Gasteiger partial charge in [0, 0.05) is 13.1 Å². The SMILES string of the molecule is CC(C)C[C@H](NC(=O)N1C[C@@H](C)O[C@H](C)C1)C(=O)[O-]. The van der Waals surface area contributed by atoms with Gasteiger partial charge in [-0.1, -0.05) is 13.8 Å². The van der Waals surface area contributed by atoms with E-state index < -0.39 is 12.0 Å². The van der Waals surface area contributed by atoms with Gasteiger partial charge in [-0.15, -0.1) is 0 Å². The fraction of sp³-hybridized carbons (Fsp3) is 0.846. The van der Waals surface area contributed by atoms with E-state index in [1.54, 1.807) is 4.90 Å². The Morgan fingerprint density at radius 3 is 2.26 bits per heavy atom. The fourth-order valence-electron chi connectivity index (χ4n) is 2.27. The van der Waals surface area contributed by atoms with E-state index in [-0.39, 0.29) is 24.2 Å². The van der Waals surface area contributed by atoms with Gasteiger partial charge in [0.2, 0.25) is 0 Å². The van der Waals surface area contributed by atoms with E-state index in [4.69, 9.17) is 4.74 Å². The molecule has 0 unspecified atom stereocenters. The molecular formula is C13H23N2O4-. The summed E-state index contributed by atoms with van der Waals surface area (Å²) < 4.78 is 5.53. The van der Waals surface area contributed by atoms with Gasteiger partial charge < -0.3 is 24.9 Å². The number of hydrogen-bond donors (Lipinski definition) is 1. The smallest absolute Gasteiger partial charge is 0.318 e. The van der Waals surface area contributed by atoms with Gasteiger partial charge in [0.15, 0.2) is 0 Å². The molecule has 0 aromatic rings. The van der Waals surface area contributed by atoms with Gasteiger partial charge in [0.1, 0.15) is 0 Å². The second-order valence-corrected chi connectivity index (χ2v) is 5.61. The number of carbonyl (C=O) groups is 2. The zero-order valence-electron chi connectivity index (χ0n) is 12.0. The Labute approximate surface area is 114 Å². The van der Waals surface area contributed by atoms with Crippen molar-refractivity contribution in [3.05, 3.63) is 0 Å². The van der Waals surface area contributed by atoms with Gasteiger partial charge in [0.05, 0.1) is 24.2 Å². The number of urea groups is 1. The molecule has 1 N–H and O–H groups in total. The molecule has 6 heteroatoms. The lowest BCUT2D eigenvalue weighted by Crippen LogP contribution is -2.56.